The van der Waals surface area contributed by atoms with Gasteiger partial charge in [0.05, 0.1) is 6.61 Å². The molecule has 0 aromatic rings. The van der Waals surface area contributed by atoms with E-state index in [1.807, 2.05) is 0 Å². The summed E-state index contributed by atoms with van der Waals surface area (Å²) >= 11 is 0. The molecule has 0 bridgehead atoms. The molecule has 1 heterocycles. The fraction of sp³-hybridized carbons (Fsp3) is 0.867. The van der Waals surface area contributed by atoms with Crippen LogP contribution in [0.1, 0.15) is 52.4 Å². The van der Waals surface area contributed by atoms with Gasteiger partial charge >= 0.3 is 20.2 Å². The molecule has 1 saturated heterocycles. The Balaban J connectivity index is 2.22. The van der Waals surface area contributed by atoms with Crippen LogP contribution in [0.25, 0.3) is 0 Å². The molecule has 0 aliphatic carbocycles. The lowest BCUT2D eigenvalue weighted by molar-refractivity contribution is -0.165. The van der Waals surface area contributed by atoms with Crippen molar-refractivity contribution in [1.29, 1.82) is 0 Å². The molecule has 1 aliphatic heterocycles. The third-order valence-corrected chi connectivity index (χ3v) is 4.69. The number of nitrogens with two attached hydrogens (primary N) is 1. The molecule has 0 saturated carbocycles. The molecular weight excluding hydrogens is 335 g/mol. The van der Waals surface area contributed by atoms with Crippen LogP contribution in [0.2, 0.25) is 0 Å². The number of carbonyl (C=O) groups is 2. The number of carbonyl (C=O) groups excluding carboxylic acids is 2. The van der Waals surface area contributed by atoms with Crippen LogP contribution < -0.4 is 11.1 Å². The van der Waals surface area contributed by atoms with E-state index in [2.05, 4.69) is 12.2 Å². The highest BCUT2D eigenvalue weighted by atomic mass is 31.1. The lowest BCUT2D eigenvalue weighted by Crippen LogP contribution is -2.36. The fourth-order valence-electron chi connectivity index (χ4n) is 2.28. The minimum Gasteiger partial charge on any atom is -0.390 e. The second kappa shape index (κ2) is 11.7. The second-order valence-electron chi connectivity index (χ2n) is 5.97. The van der Waals surface area contributed by atoms with Gasteiger partial charge in [0.1, 0.15) is 6.04 Å². The first-order valence-electron chi connectivity index (χ1n) is 8.52. The Morgan fingerprint density at radius 2 is 2.12 bits per heavy atom. The number of esters is 2. The highest BCUT2D eigenvalue weighted by Crippen LogP contribution is 2.27. The van der Waals surface area contributed by atoms with Gasteiger partial charge < -0.3 is 20.3 Å². The molecule has 140 valence electrons. The molecule has 9 heteroatoms. The Hall–Kier alpha value is -0.790. The van der Waals surface area contributed by atoms with Crippen molar-refractivity contribution in [3.8, 4) is 0 Å². The summed E-state index contributed by atoms with van der Waals surface area (Å²) in [6.45, 7) is 4.29. The van der Waals surface area contributed by atoms with Crippen molar-refractivity contribution in [2.75, 3.05) is 13.2 Å². The van der Waals surface area contributed by atoms with Crippen molar-refractivity contribution in [2.45, 2.75) is 70.6 Å². The lowest BCUT2D eigenvalue weighted by atomic mass is 10.1. The molecule has 0 amide bonds. The summed E-state index contributed by atoms with van der Waals surface area (Å²) in [6, 6.07) is -0.679. The number of ether oxygens (including phenoxy) is 1. The summed E-state index contributed by atoms with van der Waals surface area (Å²) in [6.07, 6.45) is 4.32. The zero-order valence-electron chi connectivity index (χ0n) is 14.4. The van der Waals surface area contributed by atoms with Crippen LogP contribution in [0.3, 0.4) is 0 Å². The molecule has 1 rings (SSSR count). The van der Waals surface area contributed by atoms with Crippen molar-refractivity contribution in [3.63, 3.8) is 0 Å². The topological polar surface area (TPSA) is 117 Å². The van der Waals surface area contributed by atoms with Crippen molar-refractivity contribution in [3.05, 3.63) is 0 Å². The minimum atomic E-state index is -2.87. The smallest absolute Gasteiger partial charge is 0.343 e. The number of hydrogen-bond donors (Lipinski definition) is 2. The largest absolute Gasteiger partial charge is 0.390 e. The van der Waals surface area contributed by atoms with Gasteiger partial charge in [0.2, 0.25) is 0 Å². The highest BCUT2D eigenvalue weighted by Gasteiger charge is 2.28. The lowest BCUT2D eigenvalue weighted by Gasteiger charge is -2.15. The van der Waals surface area contributed by atoms with Gasteiger partial charge in [-0.05, 0) is 32.7 Å². The number of hydrogen-bond acceptors (Lipinski definition) is 8. The Labute approximate surface area is 143 Å². The predicted molar refractivity (Wildman–Crippen MR) is 89.7 cm³/mol. The summed E-state index contributed by atoms with van der Waals surface area (Å²) in [5.41, 5.74) is 5.84. The maximum Gasteiger partial charge on any atom is 0.343 e. The predicted octanol–water partition coefficient (Wildman–Crippen LogP) is 1.53. The molecule has 24 heavy (non-hydrogen) atoms. The zero-order valence-corrected chi connectivity index (χ0v) is 15.4. The highest BCUT2D eigenvalue weighted by molar-refractivity contribution is 7.33. The molecule has 4 atom stereocenters. The molecule has 0 aromatic heterocycles. The maximum absolute atomic E-state index is 11.8. The van der Waals surface area contributed by atoms with Crippen LogP contribution in [0.5, 0.6) is 0 Å². The van der Waals surface area contributed by atoms with Crippen molar-refractivity contribution < 1.29 is 27.9 Å². The van der Waals surface area contributed by atoms with E-state index in [1.54, 1.807) is 0 Å². The van der Waals surface area contributed by atoms with E-state index in [-0.39, 0.29) is 12.6 Å². The SMILES string of the molecule is CCCCCC(N)CO[P@H](=O)OC(C)C(=O)OC(=O)[C@@H]1CCCN1. The average Bonchev–Trinajstić information content (AvgIpc) is 3.07. The number of nitrogens with one attached hydrogen (secondary N) is 1. The molecule has 0 aromatic carbocycles. The van der Waals surface area contributed by atoms with Crippen LogP contribution in [-0.2, 0) is 27.9 Å². The molecule has 3 N–H and O–H groups in total. The molecule has 1 aliphatic rings. The Bertz CT molecular complexity index is 428. The quantitative estimate of drug-likeness (QED) is 0.245. The molecule has 8 nitrogen and oxygen atoms in total. The Kier molecular flexibility index (Phi) is 10.4. The van der Waals surface area contributed by atoms with Crippen LogP contribution in [0, 0.1) is 0 Å². The maximum atomic E-state index is 11.8. The van der Waals surface area contributed by atoms with Gasteiger partial charge in [-0.3, -0.25) is 9.09 Å². The normalized spacial score (nSPS) is 21.2. The van der Waals surface area contributed by atoms with Crippen molar-refractivity contribution >= 4 is 20.2 Å². The van der Waals surface area contributed by atoms with Crippen LogP contribution in [0.4, 0.5) is 0 Å². The van der Waals surface area contributed by atoms with E-state index in [0.29, 0.717) is 6.42 Å². The minimum absolute atomic E-state index is 0.105. The Morgan fingerprint density at radius 3 is 2.75 bits per heavy atom. The van der Waals surface area contributed by atoms with Crippen molar-refractivity contribution in [1.82, 2.24) is 5.32 Å². The van der Waals surface area contributed by atoms with E-state index in [0.717, 1.165) is 38.6 Å². The number of unbranched alkanes of at least 4 members (excludes halogenated alkanes) is 2. The van der Waals surface area contributed by atoms with E-state index >= 15 is 0 Å². The average molecular weight is 364 g/mol. The van der Waals surface area contributed by atoms with Gasteiger partial charge in [0, 0.05) is 6.04 Å². The second-order valence-corrected chi connectivity index (χ2v) is 6.99. The van der Waals surface area contributed by atoms with Crippen LogP contribution in [-0.4, -0.2) is 43.3 Å². The molecule has 0 spiro atoms. The summed E-state index contributed by atoms with van der Waals surface area (Å²) in [5.74, 6) is -1.51. The fourth-order valence-corrected chi connectivity index (χ4v) is 3.08. The zero-order chi connectivity index (χ0) is 17.9. The standard InChI is InChI=1S/C15H29N2O6P/c1-3-4-5-7-12(16)10-21-24(20)23-11(2)14(18)22-15(19)13-8-6-9-17-13/h11-13,17,24H,3-10,16H2,1-2H3/t11?,12?,13-/m0/s1. The van der Waals surface area contributed by atoms with Gasteiger partial charge in [-0.15, -0.1) is 0 Å². The first-order chi connectivity index (χ1) is 11.4. The summed E-state index contributed by atoms with van der Waals surface area (Å²) < 4.78 is 26.5. The third kappa shape index (κ3) is 8.35. The third-order valence-electron chi connectivity index (χ3n) is 3.74. The van der Waals surface area contributed by atoms with Gasteiger partial charge in [-0.1, -0.05) is 26.2 Å². The van der Waals surface area contributed by atoms with Gasteiger partial charge in [0.25, 0.3) is 0 Å². The van der Waals surface area contributed by atoms with E-state index in [9.17, 15) is 14.2 Å². The summed E-state index contributed by atoms with van der Waals surface area (Å²) in [5, 5.41) is 2.93. The monoisotopic (exact) mass is 364 g/mol. The van der Waals surface area contributed by atoms with Gasteiger partial charge in [-0.2, -0.15) is 0 Å². The van der Waals surface area contributed by atoms with E-state index in [1.165, 1.54) is 6.92 Å². The molecular formula is C15H29N2O6P. The van der Waals surface area contributed by atoms with Gasteiger partial charge in [0.15, 0.2) is 6.10 Å². The van der Waals surface area contributed by atoms with Crippen LogP contribution >= 0.6 is 8.25 Å². The molecule has 1 fully saturated rings. The first kappa shape index (κ1) is 21.3. The number of rotatable bonds is 11. The summed E-state index contributed by atoms with van der Waals surface area (Å²) in [7, 11) is -2.87. The van der Waals surface area contributed by atoms with Crippen molar-refractivity contribution in [2.24, 2.45) is 5.73 Å². The van der Waals surface area contributed by atoms with E-state index in [4.69, 9.17) is 19.5 Å². The van der Waals surface area contributed by atoms with Gasteiger partial charge in [-0.25, -0.2) is 9.59 Å². The Morgan fingerprint density at radius 1 is 1.38 bits per heavy atom. The van der Waals surface area contributed by atoms with E-state index < -0.39 is 32.3 Å². The van der Waals surface area contributed by atoms with Crippen LogP contribution in [0.15, 0.2) is 0 Å². The summed E-state index contributed by atoms with van der Waals surface area (Å²) in [4.78, 5) is 23.5. The molecule has 2 unspecified atom stereocenters. The first-order valence-corrected chi connectivity index (χ1v) is 9.74. The molecule has 0 radical (unpaired) electrons.